The van der Waals surface area contributed by atoms with Crippen LogP contribution in [0, 0.1) is 5.82 Å². The molecule has 9 heteroatoms. The molecule has 0 unspecified atom stereocenters. The lowest BCUT2D eigenvalue weighted by atomic mass is 10.2. The molecule has 6 nitrogen and oxygen atoms in total. The Bertz CT molecular complexity index is 1010. The Hall–Kier alpha value is -2.52. The van der Waals surface area contributed by atoms with Crippen LogP contribution in [0.15, 0.2) is 45.8 Å². The average molecular weight is 374 g/mol. The predicted molar refractivity (Wildman–Crippen MR) is 94.7 cm³/mol. The molecule has 4 rings (SSSR count). The van der Waals surface area contributed by atoms with E-state index in [1.54, 1.807) is 17.5 Å². The van der Waals surface area contributed by atoms with E-state index in [0.29, 0.717) is 22.5 Å². The van der Waals surface area contributed by atoms with Crippen molar-refractivity contribution >= 4 is 34.1 Å². The molecule has 25 heavy (non-hydrogen) atoms. The summed E-state index contributed by atoms with van der Waals surface area (Å²) < 4.78 is 14.5. The number of thiazole rings is 1. The van der Waals surface area contributed by atoms with E-state index in [4.69, 9.17) is 0 Å². The van der Waals surface area contributed by atoms with E-state index in [9.17, 15) is 14.0 Å². The van der Waals surface area contributed by atoms with Crippen LogP contribution in [0.2, 0.25) is 0 Å². The van der Waals surface area contributed by atoms with Crippen LogP contribution in [0.4, 0.5) is 9.52 Å². The summed E-state index contributed by atoms with van der Waals surface area (Å²) in [5, 5.41) is 5.38. The highest BCUT2D eigenvalue weighted by molar-refractivity contribution is 7.99. The molecule has 1 aliphatic rings. The summed E-state index contributed by atoms with van der Waals surface area (Å²) >= 11 is 2.72. The molecule has 0 aliphatic carbocycles. The van der Waals surface area contributed by atoms with E-state index in [0.717, 1.165) is 11.3 Å². The van der Waals surface area contributed by atoms with Gasteiger partial charge in [-0.25, -0.2) is 14.4 Å². The quantitative estimate of drug-likeness (QED) is 0.714. The molecule has 3 aromatic rings. The molecular weight excluding hydrogens is 363 g/mol. The zero-order valence-electron chi connectivity index (χ0n) is 12.7. The number of nitrogens with one attached hydrogen (secondary N) is 1. The Morgan fingerprint density at radius 2 is 2.08 bits per heavy atom. The van der Waals surface area contributed by atoms with Crippen molar-refractivity contribution in [3.8, 4) is 11.3 Å². The van der Waals surface area contributed by atoms with Crippen LogP contribution in [0.5, 0.6) is 0 Å². The molecule has 126 valence electrons. The van der Waals surface area contributed by atoms with Crippen molar-refractivity contribution in [1.82, 2.24) is 14.5 Å². The van der Waals surface area contributed by atoms with Crippen molar-refractivity contribution in [1.29, 1.82) is 0 Å². The van der Waals surface area contributed by atoms with E-state index < -0.39 is 5.91 Å². The summed E-state index contributed by atoms with van der Waals surface area (Å²) in [6.07, 6.45) is 1.30. The van der Waals surface area contributed by atoms with Crippen molar-refractivity contribution < 1.29 is 9.18 Å². The molecule has 3 heterocycles. The summed E-state index contributed by atoms with van der Waals surface area (Å²) in [6, 6.07) is 5.93. The minimum Gasteiger partial charge on any atom is -0.298 e. The van der Waals surface area contributed by atoms with Gasteiger partial charge in [0, 0.05) is 29.4 Å². The number of anilines is 1. The summed E-state index contributed by atoms with van der Waals surface area (Å²) in [5.74, 6) is -0.0826. The van der Waals surface area contributed by atoms with E-state index in [1.807, 2.05) is 0 Å². The number of carbonyl (C=O) groups excluding carboxylic acids is 1. The summed E-state index contributed by atoms with van der Waals surface area (Å²) in [7, 11) is 0. The maximum absolute atomic E-state index is 13.0. The summed E-state index contributed by atoms with van der Waals surface area (Å²) in [5.41, 5.74) is 1.02. The Labute approximate surface area is 149 Å². The van der Waals surface area contributed by atoms with Crippen molar-refractivity contribution in [2.75, 3.05) is 11.1 Å². The number of amides is 1. The Kier molecular flexibility index (Phi) is 4.10. The van der Waals surface area contributed by atoms with Gasteiger partial charge in [0.1, 0.15) is 11.4 Å². The van der Waals surface area contributed by atoms with Gasteiger partial charge in [0.2, 0.25) is 0 Å². The van der Waals surface area contributed by atoms with Crippen molar-refractivity contribution in [3.63, 3.8) is 0 Å². The number of rotatable bonds is 3. The summed E-state index contributed by atoms with van der Waals surface area (Å²) in [4.78, 5) is 33.2. The SMILES string of the molecule is O=C(Nc1nc(-c2ccc(F)cc2)cs1)c1cnc2n(c1=O)CCS2. The number of benzene rings is 1. The fourth-order valence-corrected chi connectivity index (χ4v) is 4.05. The van der Waals surface area contributed by atoms with Gasteiger partial charge in [0.05, 0.1) is 5.69 Å². The zero-order chi connectivity index (χ0) is 17.4. The molecule has 1 aromatic carbocycles. The second kappa shape index (κ2) is 6.41. The zero-order valence-corrected chi connectivity index (χ0v) is 14.4. The number of carbonyl (C=O) groups is 1. The maximum Gasteiger partial charge on any atom is 0.267 e. The second-order valence-corrected chi connectivity index (χ2v) is 7.18. The van der Waals surface area contributed by atoms with Gasteiger partial charge in [0.15, 0.2) is 10.3 Å². The van der Waals surface area contributed by atoms with Gasteiger partial charge in [-0.2, -0.15) is 0 Å². The first-order valence-electron chi connectivity index (χ1n) is 7.37. The minimum absolute atomic E-state index is 0.00946. The Morgan fingerprint density at radius 1 is 1.28 bits per heavy atom. The van der Waals surface area contributed by atoms with Crippen molar-refractivity contribution in [3.05, 3.63) is 57.6 Å². The fourth-order valence-electron chi connectivity index (χ4n) is 2.42. The highest BCUT2D eigenvalue weighted by atomic mass is 32.2. The third-order valence-corrected chi connectivity index (χ3v) is 5.39. The molecule has 2 aromatic heterocycles. The van der Waals surface area contributed by atoms with Gasteiger partial charge in [0.25, 0.3) is 11.5 Å². The molecule has 0 bridgehead atoms. The first kappa shape index (κ1) is 16.0. The minimum atomic E-state index is -0.537. The van der Waals surface area contributed by atoms with Crippen molar-refractivity contribution in [2.45, 2.75) is 11.7 Å². The third kappa shape index (κ3) is 3.08. The van der Waals surface area contributed by atoms with Gasteiger partial charge in [-0.3, -0.25) is 19.5 Å². The molecule has 0 saturated carbocycles. The molecule has 0 saturated heterocycles. The van der Waals surface area contributed by atoms with Crippen LogP contribution in [0.3, 0.4) is 0 Å². The van der Waals surface area contributed by atoms with Crippen LogP contribution in [-0.4, -0.2) is 26.2 Å². The number of hydrogen-bond acceptors (Lipinski definition) is 6. The van der Waals surface area contributed by atoms with E-state index in [1.165, 1.54) is 46.0 Å². The van der Waals surface area contributed by atoms with Crippen LogP contribution in [0.1, 0.15) is 10.4 Å². The molecule has 0 spiro atoms. The van der Waals surface area contributed by atoms with Gasteiger partial charge in [-0.1, -0.05) is 11.8 Å². The van der Waals surface area contributed by atoms with E-state index >= 15 is 0 Å². The van der Waals surface area contributed by atoms with E-state index in [2.05, 4.69) is 15.3 Å². The van der Waals surface area contributed by atoms with Gasteiger partial charge in [-0.05, 0) is 24.3 Å². The van der Waals surface area contributed by atoms with Crippen LogP contribution in [-0.2, 0) is 6.54 Å². The molecule has 1 aliphatic heterocycles. The van der Waals surface area contributed by atoms with Gasteiger partial charge < -0.3 is 0 Å². The highest BCUT2D eigenvalue weighted by Crippen LogP contribution is 2.25. The van der Waals surface area contributed by atoms with Gasteiger partial charge >= 0.3 is 0 Å². The molecule has 0 fully saturated rings. The molecule has 0 radical (unpaired) electrons. The number of thioether (sulfide) groups is 1. The maximum atomic E-state index is 13.0. The Balaban J connectivity index is 1.56. The number of nitrogens with zero attached hydrogens (tertiary/aromatic N) is 3. The van der Waals surface area contributed by atoms with Crippen LogP contribution < -0.4 is 10.9 Å². The smallest absolute Gasteiger partial charge is 0.267 e. The van der Waals surface area contributed by atoms with Crippen molar-refractivity contribution in [2.24, 2.45) is 0 Å². The predicted octanol–water partition coefficient (Wildman–Crippen LogP) is 2.86. The standard InChI is InChI=1S/C16H11FN4O2S2/c17-10-3-1-9(2-4-10)12-8-25-15(19-12)20-13(22)11-7-18-16-21(14(11)23)5-6-24-16/h1-4,7-8H,5-6H2,(H,19,20,22). The summed E-state index contributed by atoms with van der Waals surface area (Å²) in [6.45, 7) is 0.554. The third-order valence-electron chi connectivity index (χ3n) is 3.67. The van der Waals surface area contributed by atoms with Crippen LogP contribution >= 0.6 is 23.1 Å². The number of hydrogen-bond donors (Lipinski definition) is 1. The molecule has 1 amide bonds. The van der Waals surface area contributed by atoms with Gasteiger partial charge in [-0.15, -0.1) is 11.3 Å². The number of fused-ring (bicyclic) bond motifs is 1. The first-order chi connectivity index (χ1) is 12.1. The lowest BCUT2D eigenvalue weighted by Gasteiger charge is -2.04. The highest BCUT2D eigenvalue weighted by Gasteiger charge is 2.20. The second-order valence-electron chi connectivity index (χ2n) is 5.26. The topological polar surface area (TPSA) is 76.9 Å². The van der Waals surface area contributed by atoms with Crippen LogP contribution in [0.25, 0.3) is 11.3 Å². The normalized spacial score (nSPS) is 12.8. The molecular formula is C16H11FN4O2S2. The molecule has 0 atom stereocenters. The molecule has 1 N–H and O–H groups in total. The fraction of sp³-hybridized carbons (Fsp3) is 0.125. The Morgan fingerprint density at radius 3 is 2.88 bits per heavy atom. The first-order valence-corrected chi connectivity index (χ1v) is 9.24. The van der Waals surface area contributed by atoms with E-state index in [-0.39, 0.29) is 16.9 Å². The monoisotopic (exact) mass is 374 g/mol. The average Bonchev–Trinajstić information content (AvgIpc) is 3.25. The lowest BCUT2D eigenvalue weighted by Crippen LogP contribution is -2.29. The number of aromatic nitrogens is 3. The number of halogens is 1. The largest absolute Gasteiger partial charge is 0.298 e. The lowest BCUT2D eigenvalue weighted by molar-refractivity contribution is 0.102.